The summed E-state index contributed by atoms with van der Waals surface area (Å²) in [4.78, 5) is 2.16. The normalized spacial score (nSPS) is 17.6. The Morgan fingerprint density at radius 1 is 1.29 bits per heavy atom. The van der Waals surface area contributed by atoms with Gasteiger partial charge in [0.05, 0.1) is 0 Å². The van der Waals surface area contributed by atoms with Crippen molar-refractivity contribution in [3.05, 3.63) is 34.3 Å². The second-order valence-corrected chi connectivity index (χ2v) is 4.61. The fourth-order valence-corrected chi connectivity index (χ4v) is 2.23. The zero-order valence-corrected chi connectivity index (χ0v) is 10.2. The highest BCUT2D eigenvalue weighted by atomic mass is 35.5. The van der Waals surface area contributed by atoms with Gasteiger partial charge in [-0.05, 0) is 17.7 Å². The Hall–Kier alpha value is -0.710. The highest BCUT2D eigenvalue weighted by Crippen LogP contribution is 2.26. The molecule has 0 spiro atoms. The second kappa shape index (κ2) is 5.76. The lowest BCUT2D eigenvalue weighted by Crippen LogP contribution is -2.43. The number of rotatable bonds is 3. The molecule has 0 radical (unpaired) electrons. The lowest BCUT2D eigenvalue weighted by Gasteiger charge is -2.28. The maximum atomic E-state index is 12.8. The summed E-state index contributed by atoms with van der Waals surface area (Å²) < 4.78 is 25.7. The Morgan fingerprint density at radius 2 is 2.00 bits per heavy atom. The molecule has 1 aliphatic rings. The second-order valence-electron chi connectivity index (χ2n) is 4.17. The molecule has 17 heavy (non-hydrogen) atoms. The molecule has 1 fully saturated rings. The van der Waals surface area contributed by atoms with Crippen LogP contribution in [-0.4, -0.2) is 31.1 Å². The van der Waals surface area contributed by atoms with Crippen molar-refractivity contribution < 1.29 is 8.78 Å². The SMILES string of the molecule is FC(F)c1ccc(Cl)cc1CN1CCNCC1. The van der Waals surface area contributed by atoms with E-state index in [2.05, 4.69) is 10.2 Å². The first-order chi connectivity index (χ1) is 8.16. The molecule has 1 aromatic carbocycles. The minimum absolute atomic E-state index is 0.0907. The zero-order chi connectivity index (χ0) is 12.3. The van der Waals surface area contributed by atoms with E-state index < -0.39 is 6.43 Å². The van der Waals surface area contributed by atoms with E-state index in [0.29, 0.717) is 17.1 Å². The summed E-state index contributed by atoms with van der Waals surface area (Å²) in [5.74, 6) is 0. The minimum atomic E-state index is -2.44. The molecule has 0 atom stereocenters. The first-order valence-electron chi connectivity index (χ1n) is 5.66. The van der Waals surface area contributed by atoms with Gasteiger partial charge < -0.3 is 5.32 Å². The quantitative estimate of drug-likeness (QED) is 0.899. The van der Waals surface area contributed by atoms with Gasteiger partial charge in [0, 0.05) is 43.3 Å². The molecule has 1 heterocycles. The van der Waals surface area contributed by atoms with Crippen molar-refractivity contribution in [2.75, 3.05) is 26.2 Å². The molecule has 94 valence electrons. The average Bonchev–Trinajstić information content (AvgIpc) is 2.30. The van der Waals surface area contributed by atoms with Gasteiger partial charge in [0.1, 0.15) is 0 Å². The van der Waals surface area contributed by atoms with Gasteiger partial charge in [-0.2, -0.15) is 0 Å². The van der Waals surface area contributed by atoms with Gasteiger partial charge in [0.2, 0.25) is 0 Å². The monoisotopic (exact) mass is 260 g/mol. The predicted octanol–water partition coefficient (Wildman–Crippen LogP) is 2.68. The first kappa shape index (κ1) is 12.7. The van der Waals surface area contributed by atoms with E-state index in [-0.39, 0.29) is 5.56 Å². The third kappa shape index (κ3) is 3.37. The molecule has 1 aliphatic heterocycles. The van der Waals surface area contributed by atoms with Gasteiger partial charge >= 0.3 is 0 Å². The molecule has 0 unspecified atom stereocenters. The summed E-state index contributed by atoms with van der Waals surface area (Å²) in [5, 5.41) is 3.75. The number of benzene rings is 1. The maximum Gasteiger partial charge on any atom is 0.264 e. The molecule has 0 aliphatic carbocycles. The van der Waals surface area contributed by atoms with Crippen LogP contribution in [0.1, 0.15) is 17.6 Å². The van der Waals surface area contributed by atoms with Gasteiger partial charge in [-0.3, -0.25) is 4.90 Å². The van der Waals surface area contributed by atoms with Gasteiger partial charge in [-0.15, -0.1) is 0 Å². The van der Waals surface area contributed by atoms with Crippen LogP contribution in [0.3, 0.4) is 0 Å². The lowest BCUT2D eigenvalue weighted by atomic mass is 10.1. The Labute approximate surface area is 105 Å². The van der Waals surface area contributed by atoms with E-state index >= 15 is 0 Å². The molecular formula is C12H15ClF2N2. The number of halogens is 3. The fourth-order valence-electron chi connectivity index (χ4n) is 2.03. The maximum absolute atomic E-state index is 12.8. The van der Waals surface area contributed by atoms with E-state index in [9.17, 15) is 8.78 Å². The molecule has 5 heteroatoms. The first-order valence-corrected chi connectivity index (χ1v) is 6.04. The Balaban J connectivity index is 2.14. The van der Waals surface area contributed by atoms with Crippen LogP contribution < -0.4 is 5.32 Å². The molecule has 0 amide bonds. The van der Waals surface area contributed by atoms with Crippen molar-refractivity contribution in [3.63, 3.8) is 0 Å². The van der Waals surface area contributed by atoms with Crippen LogP contribution in [0.5, 0.6) is 0 Å². The molecule has 1 saturated heterocycles. The van der Waals surface area contributed by atoms with Crippen LogP contribution in [0, 0.1) is 0 Å². The molecular weight excluding hydrogens is 246 g/mol. The van der Waals surface area contributed by atoms with Crippen molar-refractivity contribution >= 4 is 11.6 Å². The molecule has 2 nitrogen and oxygen atoms in total. The smallest absolute Gasteiger partial charge is 0.264 e. The van der Waals surface area contributed by atoms with Gasteiger partial charge in [-0.25, -0.2) is 8.78 Å². The average molecular weight is 261 g/mol. The molecule has 1 aromatic rings. The van der Waals surface area contributed by atoms with E-state index in [1.807, 2.05) is 0 Å². The van der Waals surface area contributed by atoms with Crippen molar-refractivity contribution in [2.24, 2.45) is 0 Å². The highest BCUT2D eigenvalue weighted by molar-refractivity contribution is 6.30. The largest absolute Gasteiger partial charge is 0.314 e. The Morgan fingerprint density at radius 3 is 2.65 bits per heavy atom. The summed E-state index contributed by atoms with van der Waals surface area (Å²) in [6, 6.07) is 4.58. The standard InChI is InChI=1S/C12H15ClF2N2/c13-10-1-2-11(12(14)15)9(7-10)8-17-5-3-16-4-6-17/h1-2,7,12,16H,3-6,8H2. The lowest BCUT2D eigenvalue weighted by molar-refractivity contribution is 0.147. The summed E-state index contributed by atoms with van der Waals surface area (Å²) in [5.41, 5.74) is 0.724. The van der Waals surface area contributed by atoms with Gasteiger partial charge in [-0.1, -0.05) is 17.7 Å². The van der Waals surface area contributed by atoms with Crippen LogP contribution in [-0.2, 0) is 6.54 Å². The minimum Gasteiger partial charge on any atom is -0.314 e. The summed E-state index contributed by atoms with van der Waals surface area (Å²) >= 11 is 5.86. The van der Waals surface area contributed by atoms with Crippen LogP contribution in [0.25, 0.3) is 0 Å². The van der Waals surface area contributed by atoms with Crippen molar-refractivity contribution in [1.29, 1.82) is 0 Å². The molecule has 2 rings (SSSR count). The highest BCUT2D eigenvalue weighted by Gasteiger charge is 2.17. The number of hydrogen-bond acceptors (Lipinski definition) is 2. The summed E-state index contributed by atoms with van der Waals surface area (Å²) in [6.07, 6.45) is -2.44. The molecule has 0 saturated carbocycles. The number of piperazine rings is 1. The third-order valence-electron chi connectivity index (χ3n) is 2.94. The summed E-state index contributed by atoms with van der Waals surface area (Å²) in [6.45, 7) is 4.13. The van der Waals surface area contributed by atoms with Crippen LogP contribution in [0.4, 0.5) is 8.78 Å². The van der Waals surface area contributed by atoms with Gasteiger partial charge in [0.15, 0.2) is 0 Å². The number of alkyl halides is 2. The Bertz CT molecular complexity index is 379. The number of hydrogen-bond donors (Lipinski definition) is 1. The van der Waals surface area contributed by atoms with E-state index in [1.54, 1.807) is 6.07 Å². The van der Waals surface area contributed by atoms with E-state index in [1.165, 1.54) is 12.1 Å². The predicted molar refractivity (Wildman–Crippen MR) is 64.6 cm³/mol. The number of nitrogens with zero attached hydrogens (tertiary/aromatic N) is 1. The number of nitrogens with one attached hydrogen (secondary N) is 1. The zero-order valence-electron chi connectivity index (χ0n) is 9.43. The van der Waals surface area contributed by atoms with Crippen LogP contribution in [0.2, 0.25) is 5.02 Å². The molecule has 1 N–H and O–H groups in total. The van der Waals surface area contributed by atoms with Crippen LogP contribution in [0.15, 0.2) is 18.2 Å². The van der Waals surface area contributed by atoms with Gasteiger partial charge in [0.25, 0.3) is 6.43 Å². The Kier molecular flexibility index (Phi) is 4.31. The van der Waals surface area contributed by atoms with Crippen molar-refractivity contribution in [1.82, 2.24) is 10.2 Å². The van der Waals surface area contributed by atoms with Crippen molar-refractivity contribution in [2.45, 2.75) is 13.0 Å². The van der Waals surface area contributed by atoms with E-state index in [4.69, 9.17) is 11.6 Å². The fraction of sp³-hybridized carbons (Fsp3) is 0.500. The molecule has 0 bridgehead atoms. The molecule has 0 aromatic heterocycles. The van der Waals surface area contributed by atoms with E-state index in [0.717, 1.165) is 26.2 Å². The topological polar surface area (TPSA) is 15.3 Å². The summed E-state index contributed by atoms with van der Waals surface area (Å²) in [7, 11) is 0. The van der Waals surface area contributed by atoms with Crippen molar-refractivity contribution in [3.8, 4) is 0 Å². The van der Waals surface area contributed by atoms with Crippen LogP contribution >= 0.6 is 11.6 Å². The third-order valence-corrected chi connectivity index (χ3v) is 3.18.